The predicted molar refractivity (Wildman–Crippen MR) is 65.1 cm³/mol. The topological polar surface area (TPSA) is 40.5 Å². The lowest BCUT2D eigenvalue weighted by Crippen LogP contribution is -2.29. The van der Waals surface area contributed by atoms with Crippen LogP contribution < -0.4 is 0 Å². The Morgan fingerprint density at radius 2 is 2.12 bits per heavy atom. The highest BCUT2D eigenvalue weighted by atomic mass is 16.3. The molecule has 1 saturated heterocycles. The van der Waals surface area contributed by atoms with E-state index in [1.54, 1.807) is 6.92 Å². The number of aliphatic hydroxyl groups is 1. The van der Waals surface area contributed by atoms with Crippen LogP contribution in [0.4, 0.5) is 0 Å². The summed E-state index contributed by atoms with van der Waals surface area (Å²) in [7, 11) is 0. The molecule has 0 aromatic carbocycles. The first kappa shape index (κ1) is 13.5. The van der Waals surface area contributed by atoms with E-state index in [1.165, 1.54) is 0 Å². The molecule has 0 saturated carbocycles. The van der Waals surface area contributed by atoms with Crippen molar-refractivity contribution in [3.05, 3.63) is 0 Å². The number of amides is 1. The normalized spacial score (nSPS) is 23.9. The number of carbonyl (C=O) groups is 1. The van der Waals surface area contributed by atoms with E-state index in [0.717, 1.165) is 25.9 Å². The number of hydrogen-bond donors (Lipinski definition) is 1. The van der Waals surface area contributed by atoms with Crippen molar-refractivity contribution in [3.8, 4) is 0 Å². The molecule has 16 heavy (non-hydrogen) atoms. The Bertz CT molecular complexity index is 243. The molecule has 2 atom stereocenters. The van der Waals surface area contributed by atoms with Crippen molar-refractivity contribution in [1.29, 1.82) is 0 Å². The zero-order chi connectivity index (χ0) is 12.3. The lowest BCUT2D eigenvalue weighted by molar-refractivity contribution is -0.127. The summed E-state index contributed by atoms with van der Waals surface area (Å²) in [6, 6.07) is 0. The van der Waals surface area contributed by atoms with E-state index < -0.39 is 0 Å². The summed E-state index contributed by atoms with van der Waals surface area (Å²) < 4.78 is 0. The van der Waals surface area contributed by atoms with Crippen molar-refractivity contribution >= 4 is 5.91 Å². The second-order valence-electron chi connectivity index (χ2n) is 6.10. The fourth-order valence-corrected chi connectivity index (χ4v) is 2.15. The van der Waals surface area contributed by atoms with E-state index in [-0.39, 0.29) is 17.4 Å². The second-order valence-corrected chi connectivity index (χ2v) is 6.10. The van der Waals surface area contributed by atoms with Gasteiger partial charge in [0.25, 0.3) is 0 Å². The third kappa shape index (κ3) is 3.78. The molecule has 1 aliphatic rings. The van der Waals surface area contributed by atoms with Crippen molar-refractivity contribution < 1.29 is 9.90 Å². The van der Waals surface area contributed by atoms with E-state index in [1.807, 2.05) is 4.90 Å². The van der Waals surface area contributed by atoms with Crippen LogP contribution in [0, 0.1) is 11.3 Å². The van der Waals surface area contributed by atoms with Gasteiger partial charge in [0.05, 0.1) is 6.10 Å². The van der Waals surface area contributed by atoms with Crippen molar-refractivity contribution in [2.45, 2.75) is 53.1 Å². The second kappa shape index (κ2) is 5.17. The zero-order valence-corrected chi connectivity index (χ0v) is 11.0. The molecule has 1 amide bonds. The maximum absolute atomic E-state index is 11.8. The van der Waals surface area contributed by atoms with Gasteiger partial charge in [-0.3, -0.25) is 4.79 Å². The highest BCUT2D eigenvalue weighted by Gasteiger charge is 2.36. The summed E-state index contributed by atoms with van der Waals surface area (Å²) in [5.41, 5.74) is 0.217. The van der Waals surface area contributed by atoms with Gasteiger partial charge < -0.3 is 10.0 Å². The van der Waals surface area contributed by atoms with Gasteiger partial charge in [-0.1, -0.05) is 20.8 Å². The maximum Gasteiger partial charge on any atom is 0.222 e. The average molecular weight is 227 g/mol. The number of aliphatic hydroxyl groups excluding tert-OH is 1. The molecule has 1 heterocycles. The van der Waals surface area contributed by atoms with Gasteiger partial charge in [0.1, 0.15) is 0 Å². The van der Waals surface area contributed by atoms with Crippen LogP contribution in [0.2, 0.25) is 0 Å². The fraction of sp³-hybridized carbons (Fsp3) is 0.923. The minimum absolute atomic E-state index is 0.217. The van der Waals surface area contributed by atoms with Gasteiger partial charge in [-0.05, 0) is 31.1 Å². The van der Waals surface area contributed by atoms with Gasteiger partial charge in [0, 0.05) is 19.5 Å². The van der Waals surface area contributed by atoms with Gasteiger partial charge in [0.2, 0.25) is 5.91 Å². The molecule has 0 bridgehead atoms. The van der Waals surface area contributed by atoms with Gasteiger partial charge in [0.15, 0.2) is 0 Å². The Morgan fingerprint density at radius 3 is 2.56 bits per heavy atom. The minimum atomic E-state index is -0.254. The van der Waals surface area contributed by atoms with Crippen LogP contribution in [0.5, 0.6) is 0 Å². The van der Waals surface area contributed by atoms with E-state index in [9.17, 15) is 4.79 Å². The standard InChI is InChI=1S/C13H25NO2/c1-10(15)6-5-7-14-9-11(8-12(14)16)13(2,3)4/h10-11,15H,5-9H2,1-4H3. The molecule has 0 spiro atoms. The summed E-state index contributed by atoms with van der Waals surface area (Å²) in [6.07, 6.45) is 2.12. The van der Waals surface area contributed by atoms with E-state index in [2.05, 4.69) is 20.8 Å². The molecule has 94 valence electrons. The number of nitrogens with zero attached hydrogens (tertiary/aromatic N) is 1. The quantitative estimate of drug-likeness (QED) is 0.798. The molecule has 1 aliphatic heterocycles. The summed E-state index contributed by atoms with van der Waals surface area (Å²) in [4.78, 5) is 13.7. The molecule has 3 heteroatoms. The highest BCUT2D eigenvalue weighted by Crippen LogP contribution is 2.34. The van der Waals surface area contributed by atoms with E-state index in [0.29, 0.717) is 12.3 Å². The highest BCUT2D eigenvalue weighted by molar-refractivity contribution is 5.78. The van der Waals surface area contributed by atoms with E-state index in [4.69, 9.17) is 5.11 Å². The first-order valence-corrected chi connectivity index (χ1v) is 6.26. The molecule has 0 aromatic heterocycles. The van der Waals surface area contributed by atoms with Crippen LogP contribution in [-0.4, -0.2) is 35.1 Å². The van der Waals surface area contributed by atoms with Crippen molar-refractivity contribution in [2.24, 2.45) is 11.3 Å². The summed E-state index contributed by atoms with van der Waals surface area (Å²) in [5, 5.41) is 9.17. The van der Waals surface area contributed by atoms with Crippen LogP contribution in [-0.2, 0) is 4.79 Å². The molecular formula is C13H25NO2. The van der Waals surface area contributed by atoms with Crippen molar-refractivity contribution in [1.82, 2.24) is 4.90 Å². The molecule has 1 fully saturated rings. The Hall–Kier alpha value is -0.570. The molecular weight excluding hydrogens is 202 g/mol. The molecule has 0 radical (unpaired) electrons. The third-order valence-electron chi connectivity index (χ3n) is 3.49. The molecule has 1 rings (SSSR count). The van der Waals surface area contributed by atoms with E-state index >= 15 is 0 Å². The van der Waals surface area contributed by atoms with Gasteiger partial charge in [-0.2, -0.15) is 0 Å². The van der Waals surface area contributed by atoms with Gasteiger partial charge >= 0.3 is 0 Å². The average Bonchev–Trinajstić information content (AvgIpc) is 2.46. The Kier molecular flexibility index (Phi) is 4.36. The Labute approximate surface area is 98.8 Å². The number of hydrogen-bond acceptors (Lipinski definition) is 2. The van der Waals surface area contributed by atoms with Gasteiger partial charge in [-0.25, -0.2) is 0 Å². The molecule has 0 aliphatic carbocycles. The van der Waals surface area contributed by atoms with Crippen LogP contribution in [0.15, 0.2) is 0 Å². The largest absolute Gasteiger partial charge is 0.393 e. The Balaban J connectivity index is 2.37. The maximum atomic E-state index is 11.8. The molecule has 2 unspecified atom stereocenters. The summed E-state index contributed by atoms with van der Waals surface area (Å²) >= 11 is 0. The number of likely N-dealkylation sites (tertiary alicyclic amines) is 1. The number of carbonyl (C=O) groups excluding carboxylic acids is 1. The zero-order valence-electron chi connectivity index (χ0n) is 11.0. The van der Waals surface area contributed by atoms with Crippen molar-refractivity contribution in [3.63, 3.8) is 0 Å². The summed E-state index contributed by atoms with van der Waals surface area (Å²) in [6.45, 7) is 10.1. The molecule has 3 nitrogen and oxygen atoms in total. The third-order valence-corrected chi connectivity index (χ3v) is 3.49. The van der Waals surface area contributed by atoms with Crippen LogP contribution in [0.1, 0.15) is 47.0 Å². The Morgan fingerprint density at radius 1 is 1.50 bits per heavy atom. The first-order valence-electron chi connectivity index (χ1n) is 6.26. The predicted octanol–water partition coefficient (Wildman–Crippen LogP) is 2.04. The SMILES string of the molecule is CC(O)CCCN1CC(C(C)(C)C)CC1=O. The van der Waals surface area contributed by atoms with Crippen LogP contribution >= 0.6 is 0 Å². The number of rotatable bonds is 4. The minimum Gasteiger partial charge on any atom is -0.393 e. The molecule has 1 N–H and O–H groups in total. The van der Waals surface area contributed by atoms with Crippen LogP contribution in [0.3, 0.4) is 0 Å². The fourth-order valence-electron chi connectivity index (χ4n) is 2.15. The monoisotopic (exact) mass is 227 g/mol. The molecule has 0 aromatic rings. The lowest BCUT2D eigenvalue weighted by Gasteiger charge is -2.26. The first-order chi connectivity index (χ1) is 7.30. The smallest absolute Gasteiger partial charge is 0.222 e. The van der Waals surface area contributed by atoms with Crippen molar-refractivity contribution in [2.75, 3.05) is 13.1 Å². The van der Waals surface area contributed by atoms with Gasteiger partial charge in [-0.15, -0.1) is 0 Å². The lowest BCUT2D eigenvalue weighted by atomic mass is 9.80. The summed E-state index contributed by atoms with van der Waals surface area (Å²) in [5.74, 6) is 0.761. The van der Waals surface area contributed by atoms with Crippen LogP contribution in [0.25, 0.3) is 0 Å².